The molecule has 0 aliphatic rings. The quantitative estimate of drug-likeness (QED) is 0.266. The maximum Gasteiger partial charge on any atom is 0.264 e. The molecule has 3 aromatic carbocycles. The molecule has 2 atom stereocenters. The molecule has 0 bridgehead atoms. The number of amides is 2. The molecule has 0 aliphatic carbocycles. The van der Waals surface area contributed by atoms with E-state index >= 15 is 0 Å². The Kier molecular flexibility index (Phi) is 11.0. The van der Waals surface area contributed by atoms with Gasteiger partial charge < -0.3 is 10.2 Å². The van der Waals surface area contributed by atoms with Crippen LogP contribution in [0.4, 0.5) is 5.69 Å². The van der Waals surface area contributed by atoms with E-state index in [1.807, 2.05) is 52.0 Å². The molecule has 0 fully saturated rings. The average Bonchev–Trinajstić information content (AvgIpc) is 2.92. The number of aryl methyl sites for hydroxylation is 1. The molecule has 0 spiro atoms. The maximum atomic E-state index is 14.1. The average molecular weight is 605 g/mol. The van der Waals surface area contributed by atoms with Crippen LogP contribution in [0, 0.1) is 6.92 Å². The molecule has 2 unspecified atom stereocenters. The second-order valence-electron chi connectivity index (χ2n) is 9.69. The molecule has 0 radical (unpaired) electrons. The standard InChI is InChI=1S/C30H35Cl2N3O4S/c1-5-22(4)33-30(37)28(6-2)34(19-23-12-10-21(3)11-13-23)29(36)20-35(26-9-7-8-25(32)18-26)40(38,39)27-16-14-24(31)15-17-27/h7-18,22,28H,5-6,19-20H2,1-4H3,(H,33,37). The van der Waals surface area contributed by atoms with Gasteiger partial charge in [-0.2, -0.15) is 0 Å². The minimum Gasteiger partial charge on any atom is -0.352 e. The summed E-state index contributed by atoms with van der Waals surface area (Å²) in [7, 11) is -4.20. The summed E-state index contributed by atoms with van der Waals surface area (Å²) in [5, 5.41) is 3.67. The van der Waals surface area contributed by atoms with E-state index in [0.29, 0.717) is 16.5 Å². The Bertz CT molecular complexity index is 1410. The molecule has 214 valence electrons. The van der Waals surface area contributed by atoms with Crippen LogP contribution >= 0.6 is 23.2 Å². The molecule has 40 heavy (non-hydrogen) atoms. The first kappa shape index (κ1) is 31.5. The van der Waals surface area contributed by atoms with Crippen molar-refractivity contribution in [1.82, 2.24) is 10.2 Å². The first-order chi connectivity index (χ1) is 19.0. The number of nitrogens with zero attached hydrogens (tertiary/aromatic N) is 2. The van der Waals surface area contributed by atoms with E-state index in [9.17, 15) is 18.0 Å². The molecular formula is C30H35Cl2N3O4S. The third kappa shape index (κ3) is 7.99. The van der Waals surface area contributed by atoms with Crippen LogP contribution in [0.25, 0.3) is 0 Å². The first-order valence-electron chi connectivity index (χ1n) is 13.2. The van der Waals surface area contributed by atoms with Crippen molar-refractivity contribution in [1.29, 1.82) is 0 Å². The second-order valence-corrected chi connectivity index (χ2v) is 12.4. The molecule has 10 heteroatoms. The van der Waals surface area contributed by atoms with Crippen LogP contribution in [0.3, 0.4) is 0 Å². The van der Waals surface area contributed by atoms with Gasteiger partial charge in [0.25, 0.3) is 10.0 Å². The molecule has 7 nitrogen and oxygen atoms in total. The van der Waals surface area contributed by atoms with Crippen molar-refractivity contribution in [2.75, 3.05) is 10.8 Å². The molecule has 0 aliphatic heterocycles. The summed E-state index contributed by atoms with van der Waals surface area (Å²) in [4.78, 5) is 28.8. The van der Waals surface area contributed by atoms with Gasteiger partial charge in [0.2, 0.25) is 11.8 Å². The predicted molar refractivity (Wildman–Crippen MR) is 161 cm³/mol. The smallest absolute Gasteiger partial charge is 0.264 e. The van der Waals surface area contributed by atoms with E-state index in [4.69, 9.17) is 23.2 Å². The highest BCUT2D eigenvalue weighted by atomic mass is 35.5. The number of nitrogens with one attached hydrogen (secondary N) is 1. The summed E-state index contributed by atoms with van der Waals surface area (Å²) >= 11 is 12.2. The van der Waals surface area contributed by atoms with Gasteiger partial charge in [-0.3, -0.25) is 13.9 Å². The van der Waals surface area contributed by atoms with Crippen molar-refractivity contribution >= 4 is 50.7 Å². The maximum absolute atomic E-state index is 14.1. The van der Waals surface area contributed by atoms with Gasteiger partial charge in [0.1, 0.15) is 12.6 Å². The number of rotatable bonds is 12. The Morgan fingerprint density at radius 1 is 0.900 bits per heavy atom. The SMILES string of the molecule is CCC(C)NC(=O)C(CC)N(Cc1ccc(C)cc1)C(=O)CN(c1cccc(Cl)c1)S(=O)(=O)c1ccc(Cl)cc1. The zero-order valence-corrected chi connectivity index (χ0v) is 25.4. The number of benzene rings is 3. The molecule has 0 aromatic heterocycles. The van der Waals surface area contributed by atoms with Gasteiger partial charge in [-0.05, 0) is 74.7 Å². The van der Waals surface area contributed by atoms with Gasteiger partial charge in [0.05, 0.1) is 10.6 Å². The van der Waals surface area contributed by atoms with Gasteiger partial charge in [-0.1, -0.05) is 72.9 Å². The first-order valence-corrected chi connectivity index (χ1v) is 15.3. The van der Waals surface area contributed by atoms with Crippen LogP contribution in [0.1, 0.15) is 44.7 Å². The van der Waals surface area contributed by atoms with Crippen LogP contribution in [-0.4, -0.2) is 43.8 Å². The minimum absolute atomic E-state index is 0.0312. The molecular weight excluding hydrogens is 569 g/mol. The summed E-state index contributed by atoms with van der Waals surface area (Å²) in [6, 6.07) is 18.8. The molecule has 0 saturated heterocycles. The highest BCUT2D eigenvalue weighted by Crippen LogP contribution is 2.27. The van der Waals surface area contributed by atoms with E-state index in [1.165, 1.54) is 35.2 Å². The van der Waals surface area contributed by atoms with Gasteiger partial charge >= 0.3 is 0 Å². The van der Waals surface area contributed by atoms with Gasteiger partial charge in [-0.15, -0.1) is 0 Å². The lowest BCUT2D eigenvalue weighted by Crippen LogP contribution is -2.53. The topological polar surface area (TPSA) is 86.8 Å². The second kappa shape index (κ2) is 14.0. The van der Waals surface area contributed by atoms with E-state index in [0.717, 1.165) is 21.9 Å². The van der Waals surface area contributed by atoms with Crippen LogP contribution in [0.15, 0.2) is 77.7 Å². The lowest BCUT2D eigenvalue weighted by atomic mass is 10.1. The Morgan fingerprint density at radius 3 is 2.12 bits per heavy atom. The van der Waals surface area contributed by atoms with Crippen molar-refractivity contribution < 1.29 is 18.0 Å². The van der Waals surface area contributed by atoms with Crippen molar-refractivity contribution in [3.05, 3.63) is 94.0 Å². The molecule has 3 rings (SSSR count). The minimum atomic E-state index is -4.20. The highest BCUT2D eigenvalue weighted by Gasteiger charge is 2.34. The van der Waals surface area contributed by atoms with Crippen LogP contribution in [0.2, 0.25) is 10.0 Å². The van der Waals surface area contributed by atoms with E-state index < -0.39 is 28.5 Å². The summed E-state index contributed by atoms with van der Waals surface area (Å²) in [5.41, 5.74) is 2.11. The third-order valence-electron chi connectivity index (χ3n) is 6.64. The van der Waals surface area contributed by atoms with Crippen LogP contribution in [-0.2, 0) is 26.2 Å². The van der Waals surface area contributed by atoms with Crippen molar-refractivity contribution in [3.8, 4) is 0 Å². The summed E-state index contributed by atoms with van der Waals surface area (Å²) < 4.78 is 28.7. The van der Waals surface area contributed by atoms with E-state index in [1.54, 1.807) is 18.2 Å². The largest absolute Gasteiger partial charge is 0.352 e. The monoisotopic (exact) mass is 603 g/mol. The van der Waals surface area contributed by atoms with Crippen molar-refractivity contribution in [2.45, 2.75) is 64.1 Å². The fraction of sp³-hybridized carbons (Fsp3) is 0.333. The Balaban J connectivity index is 2.05. The van der Waals surface area contributed by atoms with Crippen molar-refractivity contribution in [2.24, 2.45) is 0 Å². The number of carbonyl (C=O) groups excluding carboxylic acids is 2. The zero-order valence-electron chi connectivity index (χ0n) is 23.1. The van der Waals surface area contributed by atoms with Gasteiger partial charge in [0.15, 0.2) is 0 Å². The van der Waals surface area contributed by atoms with Gasteiger partial charge in [0, 0.05) is 22.6 Å². The fourth-order valence-corrected chi connectivity index (χ4v) is 5.86. The van der Waals surface area contributed by atoms with E-state index in [-0.39, 0.29) is 29.1 Å². The number of halogens is 2. The highest BCUT2D eigenvalue weighted by molar-refractivity contribution is 7.92. The van der Waals surface area contributed by atoms with Crippen molar-refractivity contribution in [3.63, 3.8) is 0 Å². The molecule has 3 aromatic rings. The molecule has 1 N–H and O–H groups in total. The fourth-order valence-electron chi connectivity index (χ4n) is 4.14. The zero-order chi connectivity index (χ0) is 29.4. The number of hydrogen-bond donors (Lipinski definition) is 1. The predicted octanol–water partition coefficient (Wildman–Crippen LogP) is 6.22. The Morgan fingerprint density at radius 2 is 1.55 bits per heavy atom. The molecule has 2 amide bonds. The number of carbonyl (C=O) groups is 2. The molecule has 0 saturated carbocycles. The number of anilines is 1. The third-order valence-corrected chi connectivity index (χ3v) is 8.91. The number of hydrogen-bond acceptors (Lipinski definition) is 4. The lowest BCUT2D eigenvalue weighted by Gasteiger charge is -2.33. The lowest BCUT2D eigenvalue weighted by molar-refractivity contribution is -0.140. The molecule has 0 heterocycles. The summed E-state index contributed by atoms with van der Waals surface area (Å²) in [5.74, 6) is -0.809. The van der Waals surface area contributed by atoms with E-state index in [2.05, 4.69) is 5.32 Å². The van der Waals surface area contributed by atoms with Crippen LogP contribution in [0.5, 0.6) is 0 Å². The normalized spacial score (nSPS) is 12.8. The van der Waals surface area contributed by atoms with Gasteiger partial charge in [-0.25, -0.2) is 8.42 Å². The summed E-state index contributed by atoms with van der Waals surface area (Å²) in [6.45, 7) is 7.25. The number of sulfonamides is 1. The Labute approximate surface area is 247 Å². The summed E-state index contributed by atoms with van der Waals surface area (Å²) in [6.07, 6.45) is 1.08. The van der Waals surface area contributed by atoms with Crippen LogP contribution < -0.4 is 9.62 Å². The Hall–Kier alpha value is -3.07.